The van der Waals surface area contributed by atoms with Gasteiger partial charge in [0.1, 0.15) is 5.84 Å². The fourth-order valence-electron chi connectivity index (χ4n) is 4.75. The van der Waals surface area contributed by atoms with Crippen LogP contribution in [-0.4, -0.2) is 58.7 Å². The SMILES string of the molecule is CCCN(CCC)C(=O)C1=Cc2ccc(C(=O)Nc3cncc(CNC(=O)CCC(C)(C)OCC)c3)cc2N=C(N)C1. The molecule has 3 rings (SSSR count). The summed E-state index contributed by atoms with van der Waals surface area (Å²) in [5.74, 6) is -0.137. The van der Waals surface area contributed by atoms with Gasteiger partial charge in [0.05, 0.1) is 23.2 Å². The Morgan fingerprint density at radius 1 is 1.07 bits per heavy atom. The van der Waals surface area contributed by atoms with Gasteiger partial charge in [0.15, 0.2) is 0 Å². The van der Waals surface area contributed by atoms with E-state index in [1.165, 1.54) is 0 Å². The summed E-state index contributed by atoms with van der Waals surface area (Å²) in [6, 6.07) is 6.91. The second-order valence-corrected chi connectivity index (χ2v) is 11.0. The highest BCUT2D eigenvalue weighted by molar-refractivity contribution is 6.07. The summed E-state index contributed by atoms with van der Waals surface area (Å²) >= 11 is 0. The topological polar surface area (TPSA) is 139 Å². The van der Waals surface area contributed by atoms with E-state index in [0.29, 0.717) is 67.4 Å². The molecule has 0 saturated heterocycles. The fourth-order valence-corrected chi connectivity index (χ4v) is 4.75. The molecule has 0 fully saturated rings. The van der Waals surface area contributed by atoms with Gasteiger partial charge in [-0.3, -0.25) is 19.4 Å². The van der Waals surface area contributed by atoms with Crippen molar-refractivity contribution in [2.75, 3.05) is 25.0 Å². The van der Waals surface area contributed by atoms with Gasteiger partial charge in [-0.15, -0.1) is 0 Å². The standard InChI is InChI=1S/C32H44N6O4/c1-6-13-38(14-7-2)31(41)25-16-23-9-10-24(17-27(23)37-28(33)18-25)30(40)36-26-15-22(19-34-21-26)20-35-29(39)11-12-32(4,5)42-8-3/h9-10,15-17,19,21H,6-8,11-14,18,20H2,1-5H3,(H2,33,37)(H,35,39)(H,36,40). The van der Waals surface area contributed by atoms with Gasteiger partial charge >= 0.3 is 0 Å². The molecular formula is C32H44N6O4. The number of carbonyl (C=O) groups excluding carboxylic acids is 3. The lowest BCUT2D eigenvalue weighted by Gasteiger charge is -2.24. The molecule has 3 amide bonds. The number of carbonyl (C=O) groups is 3. The van der Waals surface area contributed by atoms with Crippen molar-refractivity contribution >= 4 is 41.0 Å². The molecule has 226 valence electrons. The van der Waals surface area contributed by atoms with Gasteiger partial charge in [-0.05, 0) is 69.9 Å². The van der Waals surface area contributed by atoms with Crippen LogP contribution in [0.3, 0.4) is 0 Å². The second-order valence-electron chi connectivity index (χ2n) is 11.0. The molecule has 10 nitrogen and oxygen atoms in total. The third-order valence-corrected chi connectivity index (χ3v) is 6.84. The summed E-state index contributed by atoms with van der Waals surface area (Å²) in [5, 5.41) is 5.76. The van der Waals surface area contributed by atoms with Crippen LogP contribution in [0.25, 0.3) is 6.08 Å². The first kappa shape index (κ1) is 32.5. The van der Waals surface area contributed by atoms with E-state index in [9.17, 15) is 14.4 Å². The highest BCUT2D eigenvalue weighted by atomic mass is 16.5. The van der Waals surface area contributed by atoms with Gasteiger partial charge in [0.2, 0.25) is 11.8 Å². The van der Waals surface area contributed by atoms with Crippen LogP contribution >= 0.6 is 0 Å². The van der Waals surface area contributed by atoms with E-state index in [0.717, 1.165) is 24.0 Å². The summed E-state index contributed by atoms with van der Waals surface area (Å²) in [7, 11) is 0. The predicted molar refractivity (Wildman–Crippen MR) is 166 cm³/mol. The molecule has 1 aromatic carbocycles. The van der Waals surface area contributed by atoms with E-state index in [1.807, 2.05) is 45.6 Å². The Hall–Kier alpha value is -4.05. The lowest BCUT2D eigenvalue weighted by molar-refractivity contribution is -0.127. The van der Waals surface area contributed by atoms with Gasteiger partial charge < -0.3 is 26.0 Å². The third-order valence-electron chi connectivity index (χ3n) is 6.84. The number of pyridine rings is 1. The van der Waals surface area contributed by atoms with Gasteiger partial charge in [0.25, 0.3) is 5.91 Å². The Balaban J connectivity index is 1.67. The summed E-state index contributed by atoms with van der Waals surface area (Å²) in [5.41, 5.74) is 9.33. The van der Waals surface area contributed by atoms with E-state index in [4.69, 9.17) is 10.5 Å². The molecule has 1 aromatic heterocycles. The summed E-state index contributed by atoms with van der Waals surface area (Å²) in [4.78, 5) is 49.2. The monoisotopic (exact) mass is 576 g/mol. The first-order valence-electron chi connectivity index (χ1n) is 14.7. The quantitative estimate of drug-likeness (QED) is 0.290. The first-order chi connectivity index (χ1) is 20.0. The number of fused-ring (bicyclic) bond motifs is 1. The van der Waals surface area contributed by atoms with Crippen molar-refractivity contribution in [3.05, 3.63) is 58.9 Å². The lowest BCUT2D eigenvalue weighted by Crippen LogP contribution is -2.34. The lowest BCUT2D eigenvalue weighted by atomic mass is 10.0. The number of amidine groups is 1. The van der Waals surface area contributed by atoms with E-state index in [-0.39, 0.29) is 29.7 Å². The van der Waals surface area contributed by atoms with Crippen molar-refractivity contribution in [1.29, 1.82) is 0 Å². The smallest absolute Gasteiger partial charge is 0.255 e. The van der Waals surface area contributed by atoms with Crippen molar-refractivity contribution in [1.82, 2.24) is 15.2 Å². The van der Waals surface area contributed by atoms with Gasteiger partial charge in [-0.1, -0.05) is 19.9 Å². The van der Waals surface area contributed by atoms with Crippen LogP contribution in [-0.2, 0) is 20.9 Å². The number of hydrogen-bond donors (Lipinski definition) is 3. The van der Waals surface area contributed by atoms with E-state index >= 15 is 0 Å². The zero-order chi connectivity index (χ0) is 30.7. The maximum Gasteiger partial charge on any atom is 0.255 e. The third kappa shape index (κ3) is 9.51. The molecule has 0 atom stereocenters. The van der Waals surface area contributed by atoms with Crippen LogP contribution < -0.4 is 16.4 Å². The molecule has 0 spiro atoms. The molecular weight excluding hydrogens is 532 g/mol. The molecule has 0 bridgehead atoms. The van der Waals surface area contributed by atoms with Crippen LogP contribution in [0.4, 0.5) is 11.4 Å². The molecule has 42 heavy (non-hydrogen) atoms. The molecule has 0 unspecified atom stereocenters. The highest BCUT2D eigenvalue weighted by Gasteiger charge is 2.22. The number of anilines is 1. The average molecular weight is 577 g/mol. The molecule has 1 aliphatic heterocycles. The van der Waals surface area contributed by atoms with Crippen molar-refractivity contribution < 1.29 is 19.1 Å². The van der Waals surface area contributed by atoms with Crippen LogP contribution in [0, 0.1) is 0 Å². The minimum Gasteiger partial charge on any atom is -0.387 e. The highest BCUT2D eigenvalue weighted by Crippen LogP contribution is 2.29. The van der Waals surface area contributed by atoms with Crippen LogP contribution in [0.15, 0.2) is 47.2 Å². The minimum atomic E-state index is -0.356. The van der Waals surface area contributed by atoms with E-state index in [2.05, 4.69) is 20.6 Å². The number of hydrogen-bond acceptors (Lipinski definition) is 7. The Bertz CT molecular complexity index is 1330. The van der Waals surface area contributed by atoms with Crippen molar-refractivity contribution in [3.8, 4) is 0 Å². The van der Waals surface area contributed by atoms with E-state index < -0.39 is 0 Å². The molecule has 4 N–H and O–H groups in total. The maximum atomic E-state index is 13.2. The zero-order valence-corrected chi connectivity index (χ0v) is 25.5. The maximum absolute atomic E-state index is 13.2. The largest absolute Gasteiger partial charge is 0.387 e. The number of amides is 3. The van der Waals surface area contributed by atoms with Gasteiger partial charge in [-0.2, -0.15) is 0 Å². The second kappa shape index (κ2) is 15.3. The summed E-state index contributed by atoms with van der Waals surface area (Å²) < 4.78 is 5.65. The number of aliphatic imine (C=N–C) groups is 1. The molecule has 2 heterocycles. The number of nitrogens with one attached hydrogen (secondary N) is 2. The van der Waals surface area contributed by atoms with Gasteiger partial charge in [-0.25, -0.2) is 4.99 Å². The number of benzene rings is 1. The van der Waals surface area contributed by atoms with Crippen LogP contribution in [0.1, 0.15) is 88.2 Å². The number of ether oxygens (including phenoxy) is 1. The van der Waals surface area contributed by atoms with Crippen LogP contribution in [0.2, 0.25) is 0 Å². The Kier molecular flexibility index (Phi) is 11.8. The molecule has 0 saturated carbocycles. The Morgan fingerprint density at radius 3 is 2.50 bits per heavy atom. The molecule has 0 radical (unpaired) electrons. The molecule has 1 aliphatic rings. The number of nitrogens with zero attached hydrogens (tertiary/aromatic N) is 3. The normalized spacial score (nSPS) is 12.9. The number of nitrogens with two attached hydrogens (primary N) is 1. The first-order valence-corrected chi connectivity index (χ1v) is 14.7. The fraction of sp³-hybridized carbons (Fsp3) is 0.469. The summed E-state index contributed by atoms with van der Waals surface area (Å²) in [6.07, 6.45) is 7.97. The molecule has 0 aliphatic carbocycles. The minimum absolute atomic E-state index is 0.0376. The van der Waals surface area contributed by atoms with Crippen molar-refractivity contribution in [2.24, 2.45) is 10.7 Å². The van der Waals surface area contributed by atoms with Crippen LogP contribution in [0.5, 0.6) is 0 Å². The molecule has 10 heteroatoms. The summed E-state index contributed by atoms with van der Waals surface area (Å²) in [6.45, 7) is 12.2. The van der Waals surface area contributed by atoms with E-state index in [1.54, 1.807) is 36.7 Å². The van der Waals surface area contributed by atoms with Crippen molar-refractivity contribution in [3.63, 3.8) is 0 Å². The van der Waals surface area contributed by atoms with Gasteiger partial charge in [0, 0.05) is 62.0 Å². The van der Waals surface area contributed by atoms with Crippen molar-refractivity contribution in [2.45, 2.75) is 78.9 Å². The Morgan fingerprint density at radius 2 is 1.81 bits per heavy atom. The average Bonchev–Trinajstić information content (AvgIpc) is 3.12. The number of rotatable bonds is 14. The number of aromatic nitrogens is 1. The molecule has 2 aromatic rings. The Labute approximate surface area is 248 Å². The zero-order valence-electron chi connectivity index (χ0n) is 25.5. The predicted octanol–water partition coefficient (Wildman–Crippen LogP) is 4.97.